The Bertz CT molecular complexity index is 880. The minimum Gasteiger partial charge on any atom is -0.326 e. The molecule has 25 heavy (non-hydrogen) atoms. The van der Waals surface area contributed by atoms with Crippen LogP contribution in [0.15, 0.2) is 48.7 Å². The highest BCUT2D eigenvalue weighted by Crippen LogP contribution is 2.27. The van der Waals surface area contributed by atoms with Crippen molar-refractivity contribution in [2.75, 3.05) is 5.32 Å². The molecule has 1 amide bonds. The van der Waals surface area contributed by atoms with E-state index in [2.05, 4.69) is 15.5 Å². The summed E-state index contributed by atoms with van der Waals surface area (Å²) in [5.74, 6) is 1.42. The molecule has 0 radical (unpaired) electrons. The maximum Gasteiger partial charge on any atom is 0.224 e. The molecule has 3 aromatic rings. The summed E-state index contributed by atoms with van der Waals surface area (Å²) in [4.78, 5) is 12.3. The topological polar surface area (TPSA) is 59.3 Å². The van der Waals surface area contributed by atoms with Gasteiger partial charge in [0.2, 0.25) is 5.91 Å². The average Bonchev–Trinajstić information content (AvgIpc) is 3.07. The molecule has 1 N–H and O–H groups in total. The Balaban J connectivity index is 1.50. The maximum atomic E-state index is 12.3. The van der Waals surface area contributed by atoms with Crippen LogP contribution >= 0.6 is 0 Å². The molecule has 0 aliphatic heterocycles. The van der Waals surface area contributed by atoms with Gasteiger partial charge in [-0.2, -0.15) is 0 Å². The number of hydrogen-bond acceptors (Lipinski definition) is 3. The number of rotatable bonds is 4. The van der Waals surface area contributed by atoms with Crippen molar-refractivity contribution in [3.05, 3.63) is 48.7 Å². The highest BCUT2D eigenvalue weighted by molar-refractivity contribution is 5.91. The molecule has 2 heterocycles. The van der Waals surface area contributed by atoms with Gasteiger partial charge in [-0.1, -0.05) is 37.5 Å². The summed E-state index contributed by atoms with van der Waals surface area (Å²) in [6, 6.07) is 13.6. The summed E-state index contributed by atoms with van der Waals surface area (Å²) < 4.78 is 1.95. The number of anilines is 1. The Labute approximate surface area is 147 Å². The lowest BCUT2D eigenvalue weighted by Crippen LogP contribution is -2.18. The predicted octanol–water partition coefficient (Wildman–Crippen LogP) is 4.31. The number of aromatic nitrogens is 3. The number of amides is 1. The molecule has 0 unspecified atom stereocenters. The Morgan fingerprint density at radius 1 is 1.08 bits per heavy atom. The first-order valence-corrected chi connectivity index (χ1v) is 9.00. The van der Waals surface area contributed by atoms with Gasteiger partial charge in [0.25, 0.3) is 0 Å². The summed E-state index contributed by atoms with van der Waals surface area (Å²) in [5.41, 5.74) is 2.56. The monoisotopic (exact) mass is 334 g/mol. The van der Waals surface area contributed by atoms with Crippen molar-refractivity contribution < 1.29 is 4.79 Å². The zero-order valence-electron chi connectivity index (χ0n) is 14.2. The zero-order valence-corrected chi connectivity index (χ0v) is 14.2. The molecular formula is C20H22N4O. The second-order valence-corrected chi connectivity index (χ2v) is 6.79. The lowest BCUT2D eigenvalue weighted by Gasteiger charge is -2.20. The Kier molecular flexibility index (Phi) is 4.46. The summed E-state index contributed by atoms with van der Waals surface area (Å²) in [5, 5.41) is 11.5. The van der Waals surface area contributed by atoms with E-state index < -0.39 is 0 Å². The van der Waals surface area contributed by atoms with Gasteiger partial charge >= 0.3 is 0 Å². The first-order chi connectivity index (χ1) is 12.3. The third-order valence-corrected chi connectivity index (χ3v) is 4.92. The largest absolute Gasteiger partial charge is 0.326 e. The molecule has 0 atom stereocenters. The van der Waals surface area contributed by atoms with Gasteiger partial charge in [0.05, 0.1) is 0 Å². The van der Waals surface area contributed by atoms with Gasteiger partial charge in [-0.15, -0.1) is 10.2 Å². The van der Waals surface area contributed by atoms with Gasteiger partial charge in [0.1, 0.15) is 0 Å². The minimum atomic E-state index is 0.107. The number of carbonyl (C=O) groups excluding carboxylic acids is 1. The van der Waals surface area contributed by atoms with Gasteiger partial charge in [0.15, 0.2) is 11.5 Å². The summed E-state index contributed by atoms with van der Waals surface area (Å²) >= 11 is 0. The highest BCUT2D eigenvalue weighted by atomic mass is 16.1. The molecule has 1 saturated carbocycles. The Morgan fingerprint density at radius 2 is 1.96 bits per heavy atom. The average molecular weight is 334 g/mol. The third-order valence-electron chi connectivity index (χ3n) is 4.92. The van der Waals surface area contributed by atoms with Gasteiger partial charge < -0.3 is 5.32 Å². The SMILES string of the molecule is O=C(CC1CCCCC1)Nc1cccc(-c2nnc3ccccn23)c1. The van der Waals surface area contributed by atoms with E-state index >= 15 is 0 Å². The van der Waals surface area contributed by atoms with Crippen molar-refractivity contribution in [3.8, 4) is 11.4 Å². The molecule has 4 rings (SSSR count). The smallest absolute Gasteiger partial charge is 0.224 e. The van der Waals surface area contributed by atoms with Crippen molar-refractivity contribution >= 4 is 17.2 Å². The number of fused-ring (bicyclic) bond motifs is 1. The summed E-state index contributed by atoms with van der Waals surface area (Å²) in [7, 11) is 0. The number of hydrogen-bond donors (Lipinski definition) is 1. The highest BCUT2D eigenvalue weighted by Gasteiger charge is 2.17. The number of nitrogens with one attached hydrogen (secondary N) is 1. The molecule has 128 valence electrons. The van der Waals surface area contributed by atoms with Gasteiger partial charge in [-0.25, -0.2) is 0 Å². The molecule has 1 aliphatic carbocycles. The molecule has 2 aromatic heterocycles. The number of benzene rings is 1. The van der Waals surface area contributed by atoms with Crippen molar-refractivity contribution in [3.63, 3.8) is 0 Å². The van der Waals surface area contributed by atoms with E-state index in [1.165, 1.54) is 32.1 Å². The van der Waals surface area contributed by atoms with Crippen LogP contribution in [0.5, 0.6) is 0 Å². The maximum absolute atomic E-state index is 12.3. The van der Waals surface area contributed by atoms with Crippen LogP contribution in [-0.2, 0) is 4.79 Å². The van der Waals surface area contributed by atoms with Crippen LogP contribution < -0.4 is 5.32 Å². The Morgan fingerprint density at radius 3 is 2.84 bits per heavy atom. The summed E-state index contributed by atoms with van der Waals surface area (Å²) in [6.07, 6.45) is 8.75. The van der Waals surface area contributed by atoms with Crippen LogP contribution in [0, 0.1) is 5.92 Å². The van der Waals surface area contributed by atoms with Crippen LogP contribution in [0.3, 0.4) is 0 Å². The van der Waals surface area contributed by atoms with E-state index in [4.69, 9.17) is 0 Å². The van der Waals surface area contributed by atoms with E-state index in [0.717, 1.165) is 22.7 Å². The Hall–Kier alpha value is -2.69. The van der Waals surface area contributed by atoms with E-state index in [9.17, 15) is 4.79 Å². The van der Waals surface area contributed by atoms with Crippen LogP contribution in [0.1, 0.15) is 38.5 Å². The second-order valence-electron chi connectivity index (χ2n) is 6.79. The van der Waals surface area contributed by atoms with Gasteiger partial charge in [-0.05, 0) is 43.0 Å². The van der Waals surface area contributed by atoms with Gasteiger partial charge in [0, 0.05) is 23.9 Å². The molecule has 1 aromatic carbocycles. The number of nitrogens with zero attached hydrogens (tertiary/aromatic N) is 3. The molecule has 5 nitrogen and oxygen atoms in total. The molecular weight excluding hydrogens is 312 g/mol. The quantitative estimate of drug-likeness (QED) is 0.773. The summed E-state index contributed by atoms with van der Waals surface area (Å²) in [6.45, 7) is 0. The van der Waals surface area contributed by atoms with Crippen LogP contribution in [0.2, 0.25) is 0 Å². The number of carbonyl (C=O) groups is 1. The van der Waals surface area contributed by atoms with Crippen molar-refractivity contribution in [2.24, 2.45) is 5.92 Å². The van der Waals surface area contributed by atoms with Crippen LogP contribution in [0.4, 0.5) is 5.69 Å². The zero-order chi connectivity index (χ0) is 17.1. The standard InChI is InChI=1S/C20H22N4O/c25-19(13-15-7-2-1-3-8-15)21-17-10-6-9-16(14-17)20-23-22-18-11-4-5-12-24(18)20/h4-6,9-12,14-15H,1-3,7-8,13H2,(H,21,25). The van der Waals surface area contributed by atoms with Crippen molar-refractivity contribution in [2.45, 2.75) is 38.5 Å². The second kappa shape index (κ2) is 7.05. The molecule has 1 fully saturated rings. The van der Waals surface area contributed by atoms with E-state index in [1.54, 1.807) is 0 Å². The molecule has 0 saturated heterocycles. The van der Waals surface area contributed by atoms with Crippen LogP contribution in [0.25, 0.3) is 17.0 Å². The first kappa shape index (κ1) is 15.8. The van der Waals surface area contributed by atoms with Crippen LogP contribution in [-0.4, -0.2) is 20.5 Å². The molecule has 0 spiro atoms. The lowest BCUT2D eigenvalue weighted by molar-refractivity contribution is -0.117. The molecule has 1 aliphatic rings. The lowest BCUT2D eigenvalue weighted by atomic mass is 9.87. The fourth-order valence-corrected chi connectivity index (χ4v) is 3.64. The fourth-order valence-electron chi connectivity index (χ4n) is 3.64. The van der Waals surface area contributed by atoms with E-state index in [0.29, 0.717) is 12.3 Å². The minimum absolute atomic E-state index is 0.107. The third kappa shape index (κ3) is 3.55. The van der Waals surface area contributed by atoms with E-state index in [1.807, 2.05) is 53.1 Å². The fraction of sp³-hybridized carbons (Fsp3) is 0.350. The first-order valence-electron chi connectivity index (χ1n) is 9.00. The van der Waals surface area contributed by atoms with Crippen molar-refractivity contribution in [1.82, 2.24) is 14.6 Å². The molecule has 0 bridgehead atoms. The number of pyridine rings is 1. The van der Waals surface area contributed by atoms with Gasteiger partial charge in [-0.3, -0.25) is 9.20 Å². The molecule has 5 heteroatoms. The predicted molar refractivity (Wildman–Crippen MR) is 98.2 cm³/mol. The van der Waals surface area contributed by atoms with Crippen molar-refractivity contribution in [1.29, 1.82) is 0 Å². The van der Waals surface area contributed by atoms with E-state index in [-0.39, 0.29) is 5.91 Å². The normalized spacial score (nSPS) is 15.4.